The number of rotatable bonds is 5. The second kappa shape index (κ2) is 7.61. The Morgan fingerprint density at radius 1 is 1.21 bits per heavy atom. The first-order valence-electron chi connectivity index (χ1n) is 8.28. The van der Waals surface area contributed by atoms with Crippen molar-refractivity contribution in [3.8, 4) is 0 Å². The average Bonchev–Trinajstić information content (AvgIpc) is 2.42. The van der Waals surface area contributed by atoms with Crippen LogP contribution in [0.3, 0.4) is 0 Å². The summed E-state index contributed by atoms with van der Waals surface area (Å²) < 4.78 is 5.79. The van der Waals surface area contributed by atoms with Gasteiger partial charge in [0, 0.05) is 19.2 Å². The van der Waals surface area contributed by atoms with Crippen LogP contribution in [0.2, 0.25) is 0 Å². The Labute approximate surface area is 118 Å². The summed E-state index contributed by atoms with van der Waals surface area (Å²) in [6, 6.07) is 0.383. The molecule has 3 heteroatoms. The lowest BCUT2D eigenvalue weighted by Crippen LogP contribution is -2.52. The van der Waals surface area contributed by atoms with Crippen molar-refractivity contribution in [2.24, 2.45) is 5.92 Å². The van der Waals surface area contributed by atoms with Gasteiger partial charge >= 0.3 is 0 Å². The van der Waals surface area contributed by atoms with E-state index in [0.29, 0.717) is 12.1 Å². The highest BCUT2D eigenvalue weighted by atomic mass is 16.5. The Kier molecular flexibility index (Phi) is 6.11. The predicted molar refractivity (Wildman–Crippen MR) is 78.3 cm³/mol. The Morgan fingerprint density at radius 3 is 2.79 bits per heavy atom. The summed E-state index contributed by atoms with van der Waals surface area (Å²) in [5.41, 5.74) is 0. The van der Waals surface area contributed by atoms with E-state index < -0.39 is 0 Å². The number of aliphatic hydroxyl groups excluding tert-OH is 1. The van der Waals surface area contributed by atoms with Crippen LogP contribution in [0.4, 0.5) is 0 Å². The highest BCUT2D eigenvalue weighted by Crippen LogP contribution is 2.32. The van der Waals surface area contributed by atoms with Gasteiger partial charge in [-0.05, 0) is 51.5 Å². The van der Waals surface area contributed by atoms with E-state index in [1.54, 1.807) is 0 Å². The van der Waals surface area contributed by atoms with E-state index in [-0.39, 0.29) is 6.10 Å². The second-order valence-corrected chi connectivity index (χ2v) is 6.32. The molecule has 4 unspecified atom stereocenters. The molecule has 4 atom stereocenters. The number of nitrogens with zero attached hydrogens (tertiary/aromatic N) is 1. The molecule has 1 aliphatic heterocycles. The number of aliphatic hydroxyl groups is 1. The monoisotopic (exact) mass is 269 g/mol. The third-order valence-corrected chi connectivity index (χ3v) is 4.87. The van der Waals surface area contributed by atoms with Crippen LogP contribution in [0.15, 0.2) is 0 Å². The smallest absolute Gasteiger partial charge is 0.0702 e. The van der Waals surface area contributed by atoms with Gasteiger partial charge < -0.3 is 9.84 Å². The van der Waals surface area contributed by atoms with Crippen molar-refractivity contribution in [3.05, 3.63) is 0 Å². The molecule has 2 aliphatic rings. The zero-order valence-electron chi connectivity index (χ0n) is 12.7. The molecule has 3 nitrogen and oxygen atoms in total. The van der Waals surface area contributed by atoms with Gasteiger partial charge in [0.2, 0.25) is 0 Å². The fourth-order valence-electron chi connectivity index (χ4n) is 3.92. The van der Waals surface area contributed by atoms with Crippen molar-refractivity contribution in [1.82, 2.24) is 4.90 Å². The first kappa shape index (κ1) is 15.3. The molecule has 1 saturated carbocycles. The third-order valence-electron chi connectivity index (χ3n) is 4.87. The second-order valence-electron chi connectivity index (χ2n) is 6.32. The van der Waals surface area contributed by atoms with Gasteiger partial charge in [0.05, 0.1) is 12.2 Å². The lowest BCUT2D eigenvalue weighted by molar-refractivity contribution is -0.0516. The fraction of sp³-hybridized carbons (Fsp3) is 1.00. The summed E-state index contributed by atoms with van der Waals surface area (Å²) in [4.78, 5) is 2.51. The first-order chi connectivity index (χ1) is 9.24. The molecule has 1 aliphatic carbocycles. The lowest BCUT2D eigenvalue weighted by Gasteiger charge is -2.44. The van der Waals surface area contributed by atoms with Gasteiger partial charge in [-0.2, -0.15) is 0 Å². The number of likely N-dealkylation sites (tertiary alicyclic amines) is 1. The number of ether oxygens (including phenoxy) is 1. The standard InChI is InChI=1S/C16H31NO2/c1-3-6-13-8-9-16(18)15(11-13)17-10-5-7-14(12-17)19-4-2/h13-16,18H,3-12H2,1-2H3. The van der Waals surface area contributed by atoms with Gasteiger partial charge in [0.15, 0.2) is 0 Å². The van der Waals surface area contributed by atoms with Crippen LogP contribution in [0, 0.1) is 5.92 Å². The van der Waals surface area contributed by atoms with Gasteiger partial charge in [-0.1, -0.05) is 19.8 Å². The zero-order valence-corrected chi connectivity index (χ0v) is 12.7. The summed E-state index contributed by atoms with van der Waals surface area (Å²) in [5, 5.41) is 10.3. The number of hydrogen-bond donors (Lipinski definition) is 1. The molecule has 0 spiro atoms. The molecule has 0 aromatic heterocycles. The molecule has 1 heterocycles. The number of hydrogen-bond acceptors (Lipinski definition) is 3. The van der Waals surface area contributed by atoms with Crippen LogP contribution in [-0.2, 0) is 4.74 Å². The zero-order chi connectivity index (χ0) is 13.7. The minimum Gasteiger partial charge on any atom is -0.391 e. The van der Waals surface area contributed by atoms with Crippen molar-refractivity contribution in [2.45, 2.75) is 77.0 Å². The molecular weight excluding hydrogens is 238 g/mol. The van der Waals surface area contributed by atoms with Crippen LogP contribution in [0.1, 0.15) is 58.8 Å². The molecule has 0 amide bonds. The van der Waals surface area contributed by atoms with Crippen LogP contribution in [0.25, 0.3) is 0 Å². The van der Waals surface area contributed by atoms with Crippen molar-refractivity contribution in [1.29, 1.82) is 0 Å². The molecule has 2 fully saturated rings. The Hall–Kier alpha value is -0.120. The van der Waals surface area contributed by atoms with E-state index in [0.717, 1.165) is 32.0 Å². The van der Waals surface area contributed by atoms with Crippen LogP contribution in [-0.4, -0.2) is 48.0 Å². The van der Waals surface area contributed by atoms with Crippen LogP contribution in [0.5, 0.6) is 0 Å². The fourth-order valence-corrected chi connectivity index (χ4v) is 3.92. The highest BCUT2D eigenvalue weighted by Gasteiger charge is 2.35. The number of piperidine rings is 1. The van der Waals surface area contributed by atoms with Crippen molar-refractivity contribution in [2.75, 3.05) is 19.7 Å². The van der Waals surface area contributed by atoms with Crippen LogP contribution < -0.4 is 0 Å². The SMILES string of the molecule is CCCC1CCC(O)C(N2CCCC(OCC)C2)C1. The van der Waals surface area contributed by atoms with E-state index in [4.69, 9.17) is 4.74 Å². The molecule has 0 aromatic carbocycles. The minimum atomic E-state index is -0.117. The van der Waals surface area contributed by atoms with Gasteiger partial charge in [-0.25, -0.2) is 0 Å². The Bertz CT molecular complexity index is 257. The molecule has 0 radical (unpaired) electrons. The predicted octanol–water partition coefficient (Wildman–Crippen LogP) is 2.82. The largest absolute Gasteiger partial charge is 0.391 e. The summed E-state index contributed by atoms with van der Waals surface area (Å²) in [7, 11) is 0. The summed E-state index contributed by atoms with van der Waals surface area (Å²) in [5.74, 6) is 0.825. The Morgan fingerprint density at radius 2 is 2.05 bits per heavy atom. The molecule has 112 valence electrons. The maximum absolute atomic E-state index is 10.3. The van der Waals surface area contributed by atoms with Gasteiger partial charge in [-0.15, -0.1) is 0 Å². The quantitative estimate of drug-likeness (QED) is 0.833. The van der Waals surface area contributed by atoms with Gasteiger partial charge in [-0.3, -0.25) is 4.90 Å². The molecule has 0 bridgehead atoms. The first-order valence-corrected chi connectivity index (χ1v) is 8.28. The van der Waals surface area contributed by atoms with E-state index in [1.165, 1.54) is 38.5 Å². The maximum atomic E-state index is 10.3. The van der Waals surface area contributed by atoms with Crippen molar-refractivity contribution in [3.63, 3.8) is 0 Å². The van der Waals surface area contributed by atoms with Crippen LogP contribution >= 0.6 is 0 Å². The van der Waals surface area contributed by atoms with Gasteiger partial charge in [0.25, 0.3) is 0 Å². The molecular formula is C16H31NO2. The normalized spacial score (nSPS) is 37.4. The van der Waals surface area contributed by atoms with E-state index in [2.05, 4.69) is 18.7 Å². The highest BCUT2D eigenvalue weighted by molar-refractivity contribution is 4.89. The molecule has 0 aromatic rings. The molecule has 1 N–H and O–H groups in total. The van der Waals surface area contributed by atoms with Crippen molar-refractivity contribution < 1.29 is 9.84 Å². The molecule has 1 saturated heterocycles. The summed E-state index contributed by atoms with van der Waals surface area (Å²) >= 11 is 0. The Balaban J connectivity index is 1.90. The summed E-state index contributed by atoms with van der Waals surface area (Å²) in [6.07, 6.45) is 8.66. The summed E-state index contributed by atoms with van der Waals surface area (Å²) in [6.45, 7) is 7.32. The molecule has 2 rings (SSSR count). The van der Waals surface area contributed by atoms with E-state index in [1.807, 2.05) is 0 Å². The average molecular weight is 269 g/mol. The maximum Gasteiger partial charge on any atom is 0.0702 e. The van der Waals surface area contributed by atoms with Gasteiger partial charge in [0.1, 0.15) is 0 Å². The topological polar surface area (TPSA) is 32.7 Å². The lowest BCUT2D eigenvalue weighted by atomic mass is 9.80. The van der Waals surface area contributed by atoms with E-state index in [9.17, 15) is 5.11 Å². The molecule has 19 heavy (non-hydrogen) atoms. The third kappa shape index (κ3) is 4.17. The minimum absolute atomic E-state index is 0.117. The van der Waals surface area contributed by atoms with E-state index >= 15 is 0 Å². The van der Waals surface area contributed by atoms with Crippen molar-refractivity contribution >= 4 is 0 Å².